The van der Waals surface area contributed by atoms with Crippen LogP contribution in [0.2, 0.25) is 0 Å². The van der Waals surface area contributed by atoms with Gasteiger partial charge in [-0.1, -0.05) is 133 Å². The summed E-state index contributed by atoms with van der Waals surface area (Å²) < 4.78 is 8.88. The van der Waals surface area contributed by atoms with Gasteiger partial charge in [-0.2, -0.15) is 0 Å². The maximum Gasteiger partial charge on any atom is 0.137 e. The molecule has 0 aliphatic rings. The van der Waals surface area contributed by atoms with Gasteiger partial charge in [-0.3, -0.25) is 0 Å². The molecule has 0 saturated heterocycles. The third-order valence-electron chi connectivity index (χ3n) is 10.7. The topological polar surface area (TPSA) is 21.3 Å². The van der Waals surface area contributed by atoms with Crippen molar-refractivity contribution in [3.05, 3.63) is 194 Å². The number of benzene rings is 9. The van der Waals surface area contributed by atoms with E-state index in [1.165, 1.54) is 48.9 Å². The van der Waals surface area contributed by atoms with Crippen molar-refractivity contribution >= 4 is 82.4 Å². The van der Waals surface area contributed by atoms with Crippen LogP contribution in [0.25, 0.3) is 82.1 Å². The predicted octanol–water partition coefficient (Wildman–Crippen LogP) is 14.1. The highest BCUT2D eigenvalue weighted by molar-refractivity contribution is 6.12. The van der Waals surface area contributed by atoms with E-state index >= 15 is 0 Å². The van der Waals surface area contributed by atoms with Crippen LogP contribution < -0.4 is 4.90 Å². The molecule has 0 radical (unpaired) electrons. The van der Waals surface area contributed by atoms with Gasteiger partial charge in [0.1, 0.15) is 11.2 Å². The predicted molar refractivity (Wildman–Crippen MR) is 223 cm³/mol. The van der Waals surface area contributed by atoms with E-state index in [0.29, 0.717) is 0 Å². The number of para-hydroxylation sites is 3. The maximum atomic E-state index is 6.44. The smallest absolute Gasteiger partial charge is 0.137 e. The number of fused-ring (bicyclic) bond motifs is 8. The molecule has 0 atom stereocenters. The average Bonchev–Trinajstić information content (AvgIpc) is 3.76. The third-order valence-corrected chi connectivity index (χ3v) is 10.7. The van der Waals surface area contributed by atoms with Crippen molar-refractivity contribution in [3.63, 3.8) is 0 Å². The van der Waals surface area contributed by atoms with Crippen LogP contribution in [-0.2, 0) is 0 Å². The number of nitrogens with zero attached hydrogens (tertiary/aromatic N) is 2. The standard InChI is InChI=1S/C50H32N2O/c1-3-18-38-33(13-1)15-12-25-44(38)51(37-28-29-43-42-22-7-10-26-48(42)53-49(43)32-37)36-17-11-16-35(31-36)50-39-19-4-2-14-34(39)27-30-47(50)52-45-23-8-5-20-40(45)41-21-6-9-24-46(41)52/h1-32H. The zero-order chi connectivity index (χ0) is 34.9. The van der Waals surface area contributed by atoms with E-state index in [-0.39, 0.29) is 0 Å². The number of furan rings is 1. The van der Waals surface area contributed by atoms with Gasteiger partial charge in [0, 0.05) is 49.9 Å². The highest BCUT2D eigenvalue weighted by Gasteiger charge is 2.21. The number of aromatic nitrogens is 1. The Balaban J connectivity index is 1.18. The van der Waals surface area contributed by atoms with Crippen LogP contribution in [0, 0.1) is 0 Å². The van der Waals surface area contributed by atoms with Gasteiger partial charge < -0.3 is 13.9 Å². The molecule has 0 bridgehead atoms. The van der Waals surface area contributed by atoms with Crippen LogP contribution >= 0.6 is 0 Å². The molecule has 2 heterocycles. The fourth-order valence-corrected chi connectivity index (χ4v) is 8.42. The van der Waals surface area contributed by atoms with Crippen molar-refractivity contribution in [2.45, 2.75) is 0 Å². The number of hydrogen-bond donors (Lipinski definition) is 0. The molecular weight excluding hydrogens is 645 g/mol. The SMILES string of the molecule is c1cc(-c2c(-n3c4ccccc4c4ccccc43)ccc3ccccc23)cc(N(c2ccc3c(c2)oc2ccccc23)c2cccc3ccccc23)c1. The lowest BCUT2D eigenvalue weighted by Gasteiger charge is -2.27. The van der Waals surface area contributed by atoms with Crippen LogP contribution in [0.4, 0.5) is 17.1 Å². The van der Waals surface area contributed by atoms with E-state index in [4.69, 9.17) is 4.42 Å². The van der Waals surface area contributed by atoms with Gasteiger partial charge in [-0.15, -0.1) is 0 Å². The number of hydrogen-bond acceptors (Lipinski definition) is 2. The Morgan fingerprint density at radius 2 is 0.962 bits per heavy atom. The largest absolute Gasteiger partial charge is 0.456 e. The third kappa shape index (κ3) is 4.61. The molecule has 3 heteroatoms. The highest BCUT2D eigenvalue weighted by Crippen LogP contribution is 2.45. The molecule has 2 aromatic heterocycles. The molecule has 9 aromatic carbocycles. The Morgan fingerprint density at radius 1 is 0.377 bits per heavy atom. The molecule has 0 spiro atoms. The van der Waals surface area contributed by atoms with Crippen molar-refractivity contribution < 1.29 is 4.42 Å². The van der Waals surface area contributed by atoms with Crippen molar-refractivity contribution in [1.29, 1.82) is 0 Å². The molecule has 11 aromatic rings. The van der Waals surface area contributed by atoms with Crippen LogP contribution in [0.15, 0.2) is 199 Å². The van der Waals surface area contributed by atoms with Gasteiger partial charge in [0.15, 0.2) is 0 Å². The summed E-state index contributed by atoms with van der Waals surface area (Å²) in [6.45, 7) is 0. The fourth-order valence-electron chi connectivity index (χ4n) is 8.42. The lowest BCUT2D eigenvalue weighted by atomic mass is 9.95. The average molecular weight is 677 g/mol. The van der Waals surface area contributed by atoms with Gasteiger partial charge >= 0.3 is 0 Å². The Hall–Kier alpha value is -7.10. The van der Waals surface area contributed by atoms with E-state index in [0.717, 1.165) is 50.3 Å². The van der Waals surface area contributed by atoms with Crippen molar-refractivity contribution in [2.24, 2.45) is 0 Å². The quantitative estimate of drug-likeness (QED) is 0.181. The van der Waals surface area contributed by atoms with E-state index in [9.17, 15) is 0 Å². The summed E-state index contributed by atoms with van der Waals surface area (Å²) in [7, 11) is 0. The first-order valence-electron chi connectivity index (χ1n) is 18.1. The first kappa shape index (κ1) is 29.6. The van der Waals surface area contributed by atoms with Gasteiger partial charge in [-0.05, 0) is 76.3 Å². The lowest BCUT2D eigenvalue weighted by molar-refractivity contribution is 0.669. The molecule has 248 valence electrons. The first-order chi connectivity index (χ1) is 26.3. The molecule has 0 aliphatic carbocycles. The van der Waals surface area contributed by atoms with Gasteiger partial charge in [-0.25, -0.2) is 0 Å². The Bertz CT molecular complexity index is 3140. The summed E-state index contributed by atoms with van der Waals surface area (Å²) >= 11 is 0. The van der Waals surface area contributed by atoms with Gasteiger partial charge in [0.25, 0.3) is 0 Å². The molecule has 0 saturated carbocycles. The summed E-state index contributed by atoms with van der Waals surface area (Å²) in [5.41, 5.74) is 10.8. The number of anilines is 3. The van der Waals surface area contributed by atoms with Crippen LogP contribution in [-0.4, -0.2) is 4.57 Å². The maximum absolute atomic E-state index is 6.44. The normalized spacial score (nSPS) is 11.8. The first-order valence-corrected chi connectivity index (χ1v) is 18.1. The highest BCUT2D eigenvalue weighted by atomic mass is 16.3. The second kappa shape index (κ2) is 11.7. The zero-order valence-corrected chi connectivity index (χ0v) is 28.8. The van der Waals surface area contributed by atoms with E-state index < -0.39 is 0 Å². The van der Waals surface area contributed by atoms with Crippen LogP contribution in [0.1, 0.15) is 0 Å². The molecule has 11 rings (SSSR count). The minimum absolute atomic E-state index is 0.868. The molecular formula is C50H32N2O. The lowest BCUT2D eigenvalue weighted by Crippen LogP contribution is -2.10. The van der Waals surface area contributed by atoms with Crippen LogP contribution in [0.3, 0.4) is 0 Å². The molecule has 0 fully saturated rings. The molecule has 0 unspecified atom stereocenters. The Kier molecular flexibility index (Phi) is 6.55. The summed E-state index contributed by atoms with van der Waals surface area (Å²) in [6, 6.07) is 69.9. The summed E-state index contributed by atoms with van der Waals surface area (Å²) in [5, 5.41) is 9.53. The minimum atomic E-state index is 0.868. The number of rotatable bonds is 5. The summed E-state index contributed by atoms with van der Waals surface area (Å²) in [4.78, 5) is 2.38. The van der Waals surface area contributed by atoms with Crippen LogP contribution in [0.5, 0.6) is 0 Å². The molecule has 53 heavy (non-hydrogen) atoms. The Morgan fingerprint density at radius 3 is 1.75 bits per heavy atom. The second-order valence-electron chi connectivity index (χ2n) is 13.7. The van der Waals surface area contributed by atoms with Crippen molar-refractivity contribution in [3.8, 4) is 16.8 Å². The van der Waals surface area contributed by atoms with E-state index in [1.54, 1.807) is 0 Å². The fraction of sp³-hybridized carbons (Fsp3) is 0. The molecule has 0 amide bonds. The van der Waals surface area contributed by atoms with E-state index in [1.807, 2.05) is 12.1 Å². The Labute approximate surface area is 306 Å². The minimum Gasteiger partial charge on any atom is -0.456 e. The second-order valence-corrected chi connectivity index (χ2v) is 13.7. The molecule has 3 nitrogen and oxygen atoms in total. The monoisotopic (exact) mass is 676 g/mol. The van der Waals surface area contributed by atoms with Crippen molar-refractivity contribution in [2.75, 3.05) is 4.90 Å². The molecule has 0 N–H and O–H groups in total. The molecule has 0 aliphatic heterocycles. The summed E-state index contributed by atoms with van der Waals surface area (Å²) in [6.07, 6.45) is 0. The van der Waals surface area contributed by atoms with Gasteiger partial charge in [0.05, 0.1) is 22.4 Å². The van der Waals surface area contributed by atoms with Crippen molar-refractivity contribution in [1.82, 2.24) is 4.57 Å². The van der Waals surface area contributed by atoms with E-state index in [2.05, 4.69) is 191 Å². The summed E-state index contributed by atoms with van der Waals surface area (Å²) in [5.74, 6) is 0. The van der Waals surface area contributed by atoms with Gasteiger partial charge in [0.2, 0.25) is 0 Å². The zero-order valence-electron chi connectivity index (χ0n) is 28.8.